The van der Waals surface area contributed by atoms with Crippen LogP contribution in [0.3, 0.4) is 0 Å². The van der Waals surface area contributed by atoms with Gasteiger partial charge in [0.1, 0.15) is 0 Å². The number of nitrogens with zero attached hydrogens (tertiary/aromatic N) is 1. The highest BCUT2D eigenvalue weighted by atomic mass is 16.4. The Morgan fingerprint density at radius 2 is 1.81 bits per heavy atom. The minimum Gasteiger partial charge on any atom is -0.481 e. The van der Waals surface area contributed by atoms with Crippen LogP contribution in [0.1, 0.15) is 70.6 Å². The number of hydrogen-bond acceptors (Lipinski definition) is 2. The van der Waals surface area contributed by atoms with Crippen LogP contribution in [0.2, 0.25) is 0 Å². The maximum atomic E-state index is 12.4. The molecule has 0 spiro atoms. The van der Waals surface area contributed by atoms with Gasteiger partial charge in [-0.05, 0) is 38.0 Å². The van der Waals surface area contributed by atoms with Crippen LogP contribution < -0.4 is 0 Å². The summed E-state index contributed by atoms with van der Waals surface area (Å²) in [6, 6.07) is 0.188. The first kappa shape index (κ1) is 14.9. The van der Waals surface area contributed by atoms with Crippen molar-refractivity contribution >= 4 is 11.9 Å². The molecule has 1 amide bonds. The first-order valence-corrected chi connectivity index (χ1v) is 8.71. The lowest BCUT2D eigenvalue weighted by atomic mass is 9.86. The van der Waals surface area contributed by atoms with Gasteiger partial charge in [-0.25, -0.2) is 0 Å². The molecule has 3 unspecified atom stereocenters. The van der Waals surface area contributed by atoms with Crippen LogP contribution in [-0.4, -0.2) is 34.0 Å². The zero-order chi connectivity index (χ0) is 14.8. The minimum absolute atomic E-state index is 0.0188. The summed E-state index contributed by atoms with van der Waals surface area (Å²) in [5.41, 5.74) is 0. The monoisotopic (exact) mass is 293 g/mol. The van der Waals surface area contributed by atoms with E-state index in [-0.39, 0.29) is 23.9 Å². The number of rotatable bonds is 5. The Hall–Kier alpha value is -1.06. The van der Waals surface area contributed by atoms with Gasteiger partial charge in [0, 0.05) is 18.5 Å². The number of carbonyl (C=O) groups excluding carboxylic acids is 1. The standard InChI is InChI=1S/C17H27NO3/c19-16(8-4-7-12-5-2-1-3-6-12)18-13-9-10-15(18)14(11-13)17(20)21/h12-15H,1-11H2,(H,20,21). The molecule has 3 aliphatic rings. The topological polar surface area (TPSA) is 57.6 Å². The van der Waals surface area contributed by atoms with Crippen LogP contribution in [0.25, 0.3) is 0 Å². The van der Waals surface area contributed by atoms with Crippen molar-refractivity contribution in [2.45, 2.75) is 82.7 Å². The fourth-order valence-corrected chi connectivity index (χ4v) is 4.79. The van der Waals surface area contributed by atoms with Crippen LogP contribution in [0, 0.1) is 11.8 Å². The largest absolute Gasteiger partial charge is 0.481 e. The summed E-state index contributed by atoms with van der Waals surface area (Å²) in [5, 5.41) is 9.24. The van der Waals surface area contributed by atoms with Gasteiger partial charge in [0.25, 0.3) is 0 Å². The first-order chi connectivity index (χ1) is 10.2. The quantitative estimate of drug-likeness (QED) is 0.847. The van der Waals surface area contributed by atoms with E-state index in [2.05, 4.69) is 0 Å². The molecular weight excluding hydrogens is 266 g/mol. The van der Waals surface area contributed by atoms with E-state index in [0.29, 0.717) is 12.8 Å². The van der Waals surface area contributed by atoms with Gasteiger partial charge in [0.15, 0.2) is 0 Å². The van der Waals surface area contributed by atoms with Crippen LogP contribution >= 0.6 is 0 Å². The van der Waals surface area contributed by atoms with E-state index in [4.69, 9.17) is 0 Å². The van der Waals surface area contributed by atoms with E-state index in [1.165, 1.54) is 38.5 Å². The van der Waals surface area contributed by atoms with Crippen LogP contribution in [0.15, 0.2) is 0 Å². The second kappa shape index (κ2) is 6.37. The summed E-state index contributed by atoms with van der Waals surface area (Å²) in [4.78, 5) is 25.6. The zero-order valence-corrected chi connectivity index (χ0v) is 12.8. The van der Waals surface area contributed by atoms with Crippen LogP contribution in [0.5, 0.6) is 0 Å². The third-order valence-electron chi connectivity index (χ3n) is 5.87. The summed E-state index contributed by atoms with van der Waals surface area (Å²) >= 11 is 0. The number of carboxylic acids is 1. The van der Waals surface area contributed by atoms with E-state index < -0.39 is 5.97 Å². The van der Waals surface area contributed by atoms with Gasteiger partial charge in [-0.3, -0.25) is 9.59 Å². The zero-order valence-electron chi connectivity index (χ0n) is 12.8. The second-order valence-electron chi connectivity index (χ2n) is 7.18. The van der Waals surface area contributed by atoms with Crippen LogP contribution in [0.4, 0.5) is 0 Å². The number of fused-ring (bicyclic) bond motifs is 2. The lowest BCUT2D eigenvalue weighted by molar-refractivity contribution is -0.143. The van der Waals surface area contributed by atoms with Gasteiger partial charge in [0.05, 0.1) is 5.92 Å². The minimum atomic E-state index is -0.720. The molecule has 0 radical (unpaired) electrons. The average molecular weight is 293 g/mol. The third-order valence-corrected chi connectivity index (χ3v) is 5.87. The molecule has 1 N–H and O–H groups in total. The molecular formula is C17H27NO3. The Bertz CT molecular complexity index is 403. The molecule has 2 bridgehead atoms. The fourth-order valence-electron chi connectivity index (χ4n) is 4.79. The molecule has 0 aromatic rings. The molecule has 3 rings (SSSR count). The Kier molecular flexibility index (Phi) is 4.51. The average Bonchev–Trinajstić information content (AvgIpc) is 3.06. The second-order valence-corrected chi connectivity index (χ2v) is 7.18. The Labute approximate surface area is 126 Å². The maximum Gasteiger partial charge on any atom is 0.308 e. The molecule has 1 aliphatic carbocycles. The first-order valence-electron chi connectivity index (χ1n) is 8.71. The van der Waals surface area contributed by atoms with Gasteiger partial charge in [0.2, 0.25) is 5.91 Å². The summed E-state index contributed by atoms with van der Waals surface area (Å²) in [7, 11) is 0. The molecule has 2 aliphatic heterocycles. The molecule has 2 heterocycles. The molecule has 0 aromatic heterocycles. The highest BCUT2D eigenvalue weighted by Crippen LogP contribution is 2.42. The van der Waals surface area contributed by atoms with Crippen LogP contribution in [-0.2, 0) is 9.59 Å². The molecule has 3 fully saturated rings. The van der Waals surface area contributed by atoms with E-state index in [1.54, 1.807) is 0 Å². The number of aliphatic carboxylic acids is 1. The smallest absolute Gasteiger partial charge is 0.308 e. The third kappa shape index (κ3) is 3.09. The molecule has 0 aromatic carbocycles. The van der Waals surface area contributed by atoms with Gasteiger partial charge in [-0.2, -0.15) is 0 Å². The van der Waals surface area contributed by atoms with E-state index in [1.807, 2.05) is 4.90 Å². The van der Waals surface area contributed by atoms with Crippen molar-refractivity contribution in [2.75, 3.05) is 0 Å². The van der Waals surface area contributed by atoms with Crippen molar-refractivity contribution in [3.63, 3.8) is 0 Å². The SMILES string of the molecule is O=C(O)C1CC2CCC1N2C(=O)CCCC1CCCCC1. The van der Waals surface area contributed by atoms with E-state index in [9.17, 15) is 14.7 Å². The Morgan fingerprint density at radius 3 is 2.48 bits per heavy atom. The van der Waals surface area contributed by atoms with E-state index in [0.717, 1.165) is 25.2 Å². The van der Waals surface area contributed by atoms with Crippen molar-refractivity contribution < 1.29 is 14.7 Å². The van der Waals surface area contributed by atoms with Crippen molar-refractivity contribution in [2.24, 2.45) is 11.8 Å². The summed E-state index contributed by atoms with van der Waals surface area (Å²) in [6.45, 7) is 0. The Balaban J connectivity index is 1.46. The number of amides is 1. The number of carbonyl (C=O) groups is 2. The van der Waals surface area contributed by atoms with E-state index >= 15 is 0 Å². The highest BCUT2D eigenvalue weighted by molar-refractivity contribution is 5.80. The lowest BCUT2D eigenvalue weighted by Gasteiger charge is -2.24. The summed E-state index contributed by atoms with van der Waals surface area (Å²) in [6.07, 6.45) is 12.1. The fraction of sp³-hybridized carbons (Fsp3) is 0.882. The van der Waals surface area contributed by atoms with Crippen molar-refractivity contribution in [1.29, 1.82) is 0 Å². The summed E-state index contributed by atoms with van der Waals surface area (Å²) in [5.74, 6) is 0.00364. The lowest BCUT2D eigenvalue weighted by Crippen LogP contribution is -2.37. The number of carboxylic acid groups (broad SMARTS) is 1. The molecule has 1 saturated carbocycles. The van der Waals surface area contributed by atoms with Gasteiger partial charge < -0.3 is 10.0 Å². The molecule has 3 atom stereocenters. The molecule has 4 heteroatoms. The predicted octanol–water partition coefficient (Wildman–Crippen LogP) is 3.20. The molecule has 4 nitrogen and oxygen atoms in total. The normalized spacial score (nSPS) is 32.6. The maximum absolute atomic E-state index is 12.4. The van der Waals surface area contributed by atoms with Gasteiger partial charge in [-0.15, -0.1) is 0 Å². The highest BCUT2D eigenvalue weighted by Gasteiger charge is 2.50. The predicted molar refractivity (Wildman–Crippen MR) is 79.8 cm³/mol. The Morgan fingerprint density at radius 1 is 1.05 bits per heavy atom. The van der Waals surface area contributed by atoms with Crippen molar-refractivity contribution in [3.05, 3.63) is 0 Å². The number of hydrogen-bond donors (Lipinski definition) is 1. The van der Waals surface area contributed by atoms with Gasteiger partial charge in [-0.1, -0.05) is 32.1 Å². The van der Waals surface area contributed by atoms with Crippen molar-refractivity contribution in [3.8, 4) is 0 Å². The molecule has 118 valence electrons. The summed E-state index contributed by atoms with van der Waals surface area (Å²) < 4.78 is 0. The molecule has 21 heavy (non-hydrogen) atoms. The van der Waals surface area contributed by atoms with Gasteiger partial charge >= 0.3 is 5.97 Å². The molecule has 2 saturated heterocycles. The van der Waals surface area contributed by atoms with Crippen molar-refractivity contribution in [1.82, 2.24) is 4.90 Å².